The SMILES string of the molecule is C=C(N=Cc1c(N)n2nc(C(F)(F)F)cc2c2c1cc(C(=O)O)c(=O)n2CCOC)Nc1ccc(F)c(Cl)c1. The van der Waals surface area contributed by atoms with Gasteiger partial charge in [0.15, 0.2) is 5.69 Å². The first-order valence-corrected chi connectivity index (χ1v) is 11.3. The van der Waals surface area contributed by atoms with Crippen LogP contribution in [-0.2, 0) is 17.5 Å². The average molecular weight is 567 g/mol. The van der Waals surface area contributed by atoms with Crippen LogP contribution in [0.15, 0.2) is 52.5 Å². The van der Waals surface area contributed by atoms with Crippen molar-refractivity contribution in [2.24, 2.45) is 4.99 Å². The van der Waals surface area contributed by atoms with Crippen LogP contribution in [0.25, 0.3) is 16.4 Å². The van der Waals surface area contributed by atoms with Gasteiger partial charge in [-0.2, -0.15) is 18.3 Å². The molecule has 0 saturated heterocycles. The number of nitrogen functional groups attached to an aromatic ring is 1. The summed E-state index contributed by atoms with van der Waals surface area (Å²) in [4.78, 5) is 29.0. The van der Waals surface area contributed by atoms with Crippen molar-refractivity contribution in [3.8, 4) is 0 Å². The smallest absolute Gasteiger partial charge is 0.435 e. The van der Waals surface area contributed by atoms with Crippen molar-refractivity contribution < 1.29 is 32.2 Å². The number of carboxylic acid groups (broad SMARTS) is 1. The predicted octanol–water partition coefficient (Wildman–Crippen LogP) is 4.39. The molecule has 0 aliphatic heterocycles. The average Bonchev–Trinajstić information content (AvgIpc) is 3.32. The van der Waals surface area contributed by atoms with Gasteiger partial charge in [-0.15, -0.1) is 0 Å². The zero-order valence-corrected chi connectivity index (χ0v) is 20.8. The van der Waals surface area contributed by atoms with Crippen LogP contribution in [0.1, 0.15) is 21.6 Å². The third-order valence-electron chi connectivity index (χ3n) is 5.63. The number of carboxylic acids is 1. The summed E-state index contributed by atoms with van der Waals surface area (Å²) < 4.78 is 60.9. The maximum Gasteiger partial charge on any atom is 0.435 e. The molecular weight excluding hydrogens is 548 g/mol. The second kappa shape index (κ2) is 10.4. The number of aromatic nitrogens is 3. The van der Waals surface area contributed by atoms with Crippen molar-refractivity contribution in [1.82, 2.24) is 14.2 Å². The van der Waals surface area contributed by atoms with Crippen molar-refractivity contribution in [2.45, 2.75) is 12.7 Å². The van der Waals surface area contributed by atoms with Crippen molar-refractivity contribution >= 4 is 51.7 Å². The predicted molar refractivity (Wildman–Crippen MR) is 137 cm³/mol. The van der Waals surface area contributed by atoms with Gasteiger partial charge in [0.05, 0.1) is 22.7 Å². The van der Waals surface area contributed by atoms with E-state index in [0.717, 1.165) is 27.4 Å². The summed E-state index contributed by atoms with van der Waals surface area (Å²) in [5.41, 5.74) is 3.36. The summed E-state index contributed by atoms with van der Waals surface area (Å²) in [6.45, 7) is 3.48. The van der Waals surface area contributed by atoms with E-state index in [1.54, 1.807) is 0 Å². The number of nitrogens with two attached hydrogens (primary N) is 1. The van der Waals surface area contributed by atoms with E-state index in [4.69, 9.17) is 22.1 Å². The number of fused-ring (bicyclic) bond motifs is 3. The van der Waals surface area contributed by atoms with Gasteiger partial charge in [0.2, 0.25) is 0 Å². The summed E-state index contributed by atoms with van der Waals surface area (Å²) in [5.74, 6) is -2.52. The van der Waals surface area contributed by atoms with E-state index >= 15 is 0 Å². The Kier molecular flexibility index (Phi) is 7.35. The van der Waals surface area contributed by atoms with Crippen molar-refractivity contribution in [2.75, 3.05) is 24.8 Å². The first-order valence-electron chi connectivity index (χ1n) is 11.0. The van der Waals surface area contributed by atoms with E-state index in [2.05, 4.69) is 22.0 Å². The zero-order chi connectivity index (χ0) is 28.6. The van der Waals surface area contributed by atoms with Gasteiger partial charge in [0, 0.05) is 36.5 Å². The Labute approximate surface area is 221 Å². The van der Waals surface area contributed by atoms with Crippen LogP contribution in [0, 0.1) is 5.82 Å². The normalized spacial score (nSPS) is 12.1. The van der Waals surface area contributed by atoms with Crippen molar-refractivity contribution in [3.63, 3.8) is 0 Å². The van der Waals surface area contributed by atoms with Gasteiger partial charge < -0.3 is 25.5 Å². The molecule has 0 fully saturated rings. The summed E-state index contributed by atoms with van der Waals surface area (Å²) in [6, 6.07) is 5.49. The van der Waals surface area contributed by atoms with Crippen molar-refractivity contribution in [3.05, 3.63) is 80.7 Å². The van der Waals surface area contributed by atoms with E-state index < -0.39 is 34.8 Å². The third kappa shape index (κ3) is 5.28. The summed E-state index contributed by atoms with van der Waals surface area (Å²) in [6.07, 6.45) is -3.71. The van der Waals surface area contributed by atoms with Gasteiger partial charge in [-0.1, -0.05) is 18.2 Å². The van der Waals surface area contributed by atoms with Gasteiger partial charge in [-0.3, -0.25) is 4.79 Å². The molecule has 204 valence electrons. The maximum atomic E-state index is 13.6. The number of methoxy groups -OCH3 is 1. The van der Waals surface area contributed by atoms with E-state index in [0.29, 0.717) is 11.8 Å². The lowest BCUT2D eigenvalue weighted by atomic mass is 10.1. The zero-order valence-electron chi connectivity index (χ0n) is 20.0. The number of halogens is 5. The molecule has 3 heterocycles. The molecular formula is C24H19ClF4N6O4. The first-order chi connectivity index (χ1) is 18.3. The second-order valence-electron chi connectivity index (χ2n) is 8.16. The molecule has 0 aliphatic rings. The minimum absolute atomic E-state index is 0.00655. The van der Waals surface area contributed by atoms with Crippen LogP contribution in [0.5, 0.6) is 0 Å². The number of alkyl halides is 3. The van der Waals surface area contributed by atoms with E-state index in [-0.39, 0.29) is 51.8 Å². The quantitative estimate of drug-likeness (QED) is 0.212. The lowest BCUT2D eigenvalue weighted by Gasteiger charge is -2.16. The fraction of sp³-hybridized carbons (Fsp3) is 0.167. The molecule has 10 nitrogen and oxygen atoms in total. The molecule has 0 spiro atoms. The van der Waals surface area contributed by atoms with Gasteiger partial charge in [0.1, 0.15) is 23.0 Å². The monoisotopic (exact) mass is 566 g/mol. The van der Waals surface area contributed by atoms with Crippen LogP contribution < -0.4 is 16.6 Å². The van der Waals surface area contributed by atoms with Crippen molar-refractivity contribution in [1.29, 1.82) is 0 Å². The number of nitrogens with one attached hydrogen (secondary N) is 1. The van der Waals surface area contributed by atoms with Gasteiger partial charge in [0.25, 0.3) is 5.56 Å². The fourth-order valence-corrected chi connectivity index (χ4v) is 4.05. The number of carbonyl (C=O) groups is 1. The van der Waals surface area contributed by atoms with Gasteiger partial charge >= 0.3 is 12.1 Å². The van der Waals surface area contributed by atoms with E-state index in [9.17, 15) is 32.3 Å². The van der Waals surface area contributed by atoms with E-state index in [1.807, 2.05) is 0 Å². The Morgan fingerprint density at radius 1 is 1.33 bits per heavy atom. The van der Waals surface area contributed by atoms with Crippen LogP contribution in [0.4, 0.5) is 29.1 Å². The van der Waals surface area contributed by atoms with Crippen LogP contribution >= 0.6 is 11.6 Å². The molecule has 4 aromatic rings. The Bertz CT molecular complexity index is 1730. The Balaban J connectivity index is 1.98. The minimum atomic E-state index is -4.84. The third-order valence-corrected chi connectivity index (χ3v) is 5.92. The van der Waals surface area contributed by atoms with Gasteiger partial charge in [-0.05, 0) is 30.3 Å². The number of aromatic carboxylic acids is 1. The number of nitrogens with zero attached hydrogens (tertiary/aromatic N) is 4. The maximum absolute atomic E-state index is 13.6. The molecule has 0 amide bonds. The summed E-state index contributed by atoms with van der Waals surface area (Å²) >= 11 is 5.78. The molecule has 3 aromatic heterocycles. The second-order valence-corrected chi connectivity index (χ2v) is 8.56. The Morgan fingerprint density at radius 2 is 2.05 bits per heavy atom. The molecule has 0 unspecified atom stereocenters. The number of hydrogen-bond donors (Lipinski definition) is 3. The lowest BCUT2D eigenvalue weighted by molar-refractivity contribution is -0.141. The summed E-state index contributed by atoms with van der Waals surface area (Å²) in [5, 5.41) is 15.8. The molecule has 4 N–H and O–H groups in total. The number of anilines is 2. The fourth-order valence-electron chi connectivity index (χ4n) is 3.87. The Morgan fingerprint density at radius 3 is 2.67 bits per heavy atom. The highest BCUT2D eigenvalue weighted by molar-refractivity contribution is 6.31. The standard InChI is InChI=1S/C24H19ClF4N6O4/c1-11(32-12-3-4-17(26)16(25)7-12)31-10-15-13-8-14(23(37)38)22(36)34(5-6-39-2)20(13)18-9-19(24(27,28)29)33-35(18)21(15)30/h3-4,7-10,32H,1,5-6,30H2,2H3,(H,37,38). The molecule has 0 atom stereocenters. The van der Waals surface area contributed by atoms with Crippen LogP contribution in [-0.4, -0.2) is 45.2 Å². The molecule has 0 saturated carbocycles. The van der Waals surface area contributed by atoms with Crippen LogP contribution in [0.3, 0.4) is 0 Å². The molecule has 15 heteroatoms. The molecule has 0 radical (unpaired) electrons. The molecule has 1 aromatic carbocycles. The first kappa shape index (κ1) is 27.6. The number of aliphatic imine (C=N–C) groups is 1. The number of hydrogen-bond acceptors (Lipinski definition) is 7. The molecule has 4 rings (SSSR count). The largest absolute Gasteiger partial charge is 0.477 e. The number of ether oxygens (including phenoxy) is 1. The molecule has 0 aliphatic carbocycles. The van der Waals surface area contributed by atoms with E-state index in [1.165, 1.54) is 19.2 Å². The Hall–Kier alpha value is -4.43. The number of benzene rings is 1. The van der Waals surface area contributed by atoms with Crippen LogP contribution in [0.2, 0.25) is 5.02 Å². The minimum Gasteiger partial charge on any atom is -0.477 e. The number of rotatable bonds is 8. The van der Waals surface area contributed by atoms with Gasteiger partial charge in [-0.25, -0.2) is 18.7 Å². The highest BCUT2D eigenvalue weighted by Crippen LogP contribution is 2.34. The summed E-state index contributed by atoms with van der Waals surface area (Å²) in [7, 11) is 1.34. The molecule has 0 bridgehead atoms. The highest BCUT2D eigenvalue weighted by Gasteiger charge is 2.35. The number of pyridine rings is 2. The lowest BCUT2D eigenvalue weighted by Crippen LogP contribution is -2.29. The highest BCUT2D eigenvalue weighted by atomic mass is 35.5. The molecule has 39 heavy (non-hydrogen) atoms. The topological polar surface area (TPSA) is 136 Å².